The number of Topliss-reactive ketones (excluding diaryl/α,β-unsaturated/α-hetero) is 1. The lowest BCUT2D eigenvalue weighted by Crippen LogP contribution is -2.17. The van der Waals surface area contributed by atoms with Gasteiger partial charge in [-0.05, 0) is 46.2 Å². The van der Waals surface area contributed by atoms with E-state index in [9.17, 15) is 4.79 Å². The van der Waals surface area contributed by atoms with E-state index in [0.717, 1.165) is 12.0 Å². The minimum absolute atomic E-state index is 0.293. The Morgan fingerprint density at radius 2 is 1.89 bits per heavy atom. The van der Waals surface area contributed by atoms with Crippen LogP contribution in [0.2, 0.25) is 0 Å². The molecule has 0 aromatic heterocycles. The monoisotopic (exact) mass is 254 g/mol. The third kappa shape index (κ3) is 2.42. The van der Waals surface area contributed by atoms with Gasteiger partial charge in [0, 0.05) is 6.42 Å². The molecule has 0 unspecified atom stereocenters. The van der Waals surface area contributed by atoms with Gasteiger partial charge < -0.3 is 0 Å². The third-order valence-corrected chi connectivity index (χ3v) is 3.70. The number of carbonyl (C=O) groups is 1. The average Bonchev–Trinajstić information content (AvgIpc) is 2.88. The maximum Gasteiger partial charge on any atom is 0.163 e. The Hall–Kier alpha value is -1.63. The standard InChI is InChI=1S/C16H16O.C2H6/c1-10(2)14-8-12-7-6-11-4-3-5-13(11)15(12)9-16(14)17;1-2/h3,5-8,10H,4,9H2,1-2H3;1-2H3. The van der Waals surface area contributed by atoms with E-state index in [0.29, 0.717) is 18.1 Å². The summed E-state index contributed by atoms with van der Waals surface area (Å²) in [6.45, 7) is 8.17. The zero-order chi connectivity index (χ0) is 14.0. The van der Waals surface area contributed by atoms with Gasteiger partial charge in [0.2, 0.25) is 0 Å². The zero-order valence-corrected chi connectivity index (χ0v) is 12.3. The van der Waals surface area contributed by atoms with Crippen LogP contribution in [0.3, 0.4) is 0 Å². The molecule has 1 aromatic carbocycles. The number of carbonyl (C=O) groups excluding carboxylic acids is 1. The Morgan fingerprint density at radius 1 is 1.16 bits per heavy atom. The molecule has 2 aliphatic carbocycles. The van der Waals surface area contributed by atoms with Crippen LogP contribution in [0.1, 0.15) is 49.9 Å². The van der Waals surface area contributed by atoms with Crippen LogP contribution < -0.4 is 0 Å². The van der Waals surface area contributed by atoms with Crippen LogP contribution in [-0.4, -0.2) is 5.78 Å². The van der Waals surface area contributed by atoms with Crippen LogP contribution in [0.25, 0.3) is 12.2 Å². The molecule has 100 valence electrons. The first-order valence-electron chi connectivity index (χ1n) is 7.23. The van der Waals surface area contributed by atoms with Gasteiger partial charge in [0.25, 0.3) is 0 Å². The van der Waals surface area contributed by atoms with E-state index in [1.807, 2.05) is 13.8 Å². The van der Waals surface area contributed by atoms with Crippen LogP contribution in [0.4, 0.5) is 0 Å². The van der Waals surface area contributed by atoms with Crippen LogP contribution in [0.5, 0.6) is 0 Å². The summed E-state index contributed by atoms with van der Waals surface area (Å²) in [4.78, 5) is 12.1. The Morgan fingerprint density at radius 3 is 2.58 bits per heavy atom. The third-order valence-electron chi connectivity index (χ3n) is 3.70. The van der Waals surface area contributed by atoms with E-state index in [1.54, 1.807) is 0 Å². The van der Waals surface area contributed by atoms with Crippen LogP contribution >= 0.6 is 0 Å². The van der Waals surface area contributed by atoms with Crippen molar-refractivity contribution in [2.24, 2.45) is 5.92 Å². The summed E-state index contributed by atoms with van der Waals surface area (Å²) in [5, 5.41) is 0. The number of rotatable bonds is 1. The van der Waals surface area contributed by atoms with Crippen molar-refractivity contribution in [1.29, 1.82) is 0 Å². The quantitative estimate of drug-likeness (QED) is 0.723. The van der Waals surface area contributed by atoms with Gasteiger partial charge >= 0.3 is 0 Å². The van der Waals surface area contributed by atoms with Gasteiger partial charge in [0.15, 0.2) is 5.78 Å². The Kier molecular flexibility index (Phi) is 4.04. The highest BCUT2D eigenvalue weighted by molar-refractivity contribution is 6.04. The van der Waals surface area contributed by atoms with Gasteiger partial charge in [-0.1, -0.05) is 52.0 Å². The topological polar surface area (TPSA) is 17.1 Å². The van der Waals surface area contributed by atoms with Crippen molar-refractivity contribution in [3.63, 3.8) is 0 Å². The van der Waals surface area contributed by atoms with E-state index >= 15 is 0 Å². The number of ketones is 1. The van der Waals surface area contributed by atoms with Crippen molar-refractivity contribution in [1.82, 2.24) is 0 Å². The molecular formula is C18H22O. The molecule has 1 heteroatoms. The molecule has 19 heavy (non-hydrogen) atoms. The highest BCUT2D eigenvalue weighted by Crippen LogP contribution is 2.33. The fourth-order valence-electron chi connectivity index (χ4n) is 2.75. The number of hydrogen-bond acceptors (Lipinski definition) is 1. The number of hydrogen-bond donors (Lipinski definition) is 0. The largest absolute Gasteiger partial charge is 0.294 e. The van der Waals surface area contributed by atoms with Crippen molar-refractivity contribution in [3.05, 3.63) is 46.0 Å². The van der Waals surface area contributed by atoms with E-state index < -0.39 is 0 Å². The van der Waals surface area contributed by atoms with Gasteiger partial charge in [0.05, 0.1) is 0 Å². The van der Waals surface area contributed by atoms with Gasteiger partial charge in [-0.3, -0.25) is 4.79 Å². The predicted octanol–water partition coefficient (Wildman–Crippen LogP) is 4.45. The van der Waals surface area contributed by atoms with E-state index in [4.69, 9.17) is 0 Å². The normalized spacial score (nSPS) is 15.6. The smallest absolute Gasteiger partial charge is 0.163 e. The first-order chi connectivity index (χ1) is 9.16. The number of allylic oxidation sites excluding steroid dienone is 2. The molecule has 0 N–H and O–H groups in total. The summed E-state index contributed by atoms with van der Waals surface area (Å²) in [6, 6.07) is 4.36. The van der Waals surface area contributed by atoms with Gasteiger partial charge in [-0.15, -0.1) is 0 Å². The lowest BCUT2D eigenvalue weighted by atomic mass is 9.83. The second-order valence-electron chi connectivity index (χ2n) is 5.17. The van der Waals surface area contributed by atoms with Gasteiger partial charge in [0.1, 0.15) is 0 Å². The molecular weight excluding hydrogens is 232 g/mol. The van der Waals surface area contributed by atoms with Crippen molar-refractivity contribution in [2.75, 3.05) is 0 Å². The molecule has 0 amide bonds. The highest BCUT2D eigenvalue weighted by atomic mass is 16.1. The minimum atomic E-state index is 0.293. The fraction of sp³-hybridized carbons (Fsp3) is 0.389. The van der Waals surface area contributed by atoms with Crippen molar-refractivity contribution in [2.45, 2.75) is 40.5 Å². The molecule has 2 aliphatic rings. The molecule has 1 aromatic rings. The SMILES string of the molecule is CC.CC(C)C1=Cc2ccc3c(c2CC1=O)C=CC3. The molecule has 0 spiro atoms. The van der Waals surface area contributed by atoms with Gasteiger partial charge in [-0.2, -0.15) is 0 Å². The average molecular weight is 254 g/mol. The Balaban J connectivity index is 0.000000637. The first kappa shape index (κ1) is 13.8. The lowest BCUT2D eigenvalue weighted by molar-refractivity contribution is -0.115. The Labute approximate surface area is 116 Å². The van der Waals surface area contributed by atoms with E-state index in [2.05, 4.69) is 44.2 Å². The van der Waals surface area contributed by atoms with Crippen molar-refractivity contribution in [3.8, 4) is 0 Å². The first-order valence-corrected chi connectivity index (χ1v) is 7.23. The molecule has 0 fully saturated rings. The molecule has 0 atom stereocenters. The zero-order valence-electron chi connectivity index (χ0n) is 12.3. The summed E-state index contributed by atoms with van der Waals surface area (Å²) in [7, 11) is 0. The summed E-state index contributed by atoms with van der Waals surface area (Å²) < 4.78 is 0. The summed E-state index contributed by atoms with van der Waals surface area (Å²) in [5.41, 5.74) is 6.08. The molecule has 1 nitrogen and oxygen atoms in total. The molecule has 0 heterocycles. The lowest BCUT2D eigenvalue weighted by Gasteiger charge is -2.20. The fourth-order valence-corrected chi connectivity index (χ4v) is 2.75. The molecule has 0 saturated carbocycles. The second-order valence-corrected chi connectivity index (χ2v) is 5.17. The summed E-state index contributed by atoms with van der Waals surface area (Å²) in [5.74, 6) is 0.612. The van der Waals surface area contributed by atoms with Crippen molar-refractivity contribution < 1.29 is 4.79 Å². The van der Waals surface area contributed by atoms with Crippen LogP contribution in [0.15, 0.2) is 23.8 Å². The van der Waals surface area contributed by atoms with Crippen LogP contribution in [-0.2, 0) is 17.6 Å². The second kappa shape index (κ2) is 5.56. The van der Waals surface area contributed by atoms with Crippen molar-refractivity contribution >= 4 is 17.9 Å². The Bertz CT molecular complexity index is 559. The summed E-state index contributed by atoms with van der Waals surface area (Å²) >= 11 is 0. The van der Waals surface area contributed by atoms with E-state index in [1.165, 1.54) is 22.3 Å². The van der Waals surface area contributed by atoms with Crippen LogP contribution in [0, 0.1) is 5.92 Å². The molecule has 0 radical (unpaired) electrons. The molecule has 0 bridgehead atoms. The van der Waals surface area contributed by atoms with Gasteiger partial charge in [-0.25, -0.2) is 0 Å². The predicted molar refractivity (Wildman–Crippen MR) is 82.1 cm³/mol. The number of benzene rings is 1. The maximum atomic E-state index is 12.1. The summed E-state index contributed by atoms with van der Waals surface area (Å²) in [6.07, 6.45) is 8.01. The highest BCUT2D eigenvalue weighted by Gasteiger charge is 2.23. The molecule has 0 aliphatic heterocycles. The minimum Gasteiger partial charge on any atom is -0.294 e. The maximum absolute atomic E-state index is 12.1. The number of fused-ring (bicyclic) bond motifs is 3. The molecule has 3 rings (SSSR count). The van der Waals surface area contributed by atoms with E-state index in [-0.39, 0.29) is 0 Å². The molecule has 0 saturated heterocycles.